The number of piperidine rings is 1. The van der Waals surface area contributed by atoms with E-state index >= 15 is 0 Å². The molecule has 0 aliphatic carbocycles. The Morgan fingerprint density at radius 2 is 1.97 bits per heavy atom. The van der Waals surface area contributed by atoms with Crippen LogP contribution in [-0.4, -0.2) is 70.4 Å². The van der Waals surface area contributed by atoms with Crippen LogP contribution in [-0.2, 0) is 9.53 Å². The van der Waals surface area contributed by atoms with Gasteiger partial charge in [-0.05, 0) is 37.7 Å². The second-order valence-corrected chi connectivity index (χ2v) is 7.98. The number of carboxylic acids is 1. The summed E-state index contributed by atoms with van der Waals surface area (Å²) >= 11 is 0. The average Bonchev–Trinajstić information content (AvgIpc) is 3.39. The number of ether oxygens (including phenoxy) is 2. The summed E-state index contributed by atoms with van der Waals surface area (Å²) in [6, 6.07) is 5.62. The number of aliphatic carboxylic acids is 1. The topological polar surface area (TPSA) is 115 Å². The average molecular weight is 471 g/mol. The second kappa shape index (κ2) is 10.2. The minimum absolute atomic E-state index is 0.0659. The van der Waals surface area contributed by atoms with E-state index in [4.69, 9.17) is 23.8 Å². The van der Waals surface area contributed by atoms with Crippen LogP contribution < -0.4 is 4.74 Å². The van der Waals surface area contributed by atoms with Gasteiger partial charge < -0.3 is 23.9 Å². The number of hydrogen-bond acceptors (Lipinski definition) is 7. The summed E-state index contributed by atoms with van der Waals surface area (Å²) in [4.78, 5) is 31.5. The SMILES string of the molecule is Cc1ncoc1C(=O)N1CCC2(CC1)COC(COc1ccccn1)C2.O=C(O)C(F)(F)F. The van der Waals surface area contributed by atoms with Crippen molar-refractivity contribution in [3.63, 3.8) is 0 Å². The van der Waals surface area contributed by atoms with E-state index in [0.29, 0.717) is 23.9 Å². The van der Waals surface area contributed by atoms with Crippen molar-refractivity contribution in [2.24, 2.45) is 5.41 Å². The zero-order valence-corrected chi connectivity index (χ0v) is 17.9. The molecule has 1 amide bonds. The molecule has 0 saturated carbocycles. The molecule has 2 aromatic rings. The molecule has 180 valence electrons. The van der Waals surface area contributed by atoms with Crippen molar-refractivity contribution in [2.45, 2.75) is 38.5 Å². The summed E-state index contributed by atoms with van der Waals surface area (Å²) < 4.78 is 48.7. The first-order valence-electron chi connectivity index (χ1n) is 10.2. The van der Waals surface area contributed by atoms with Crippen LogP contribution in [0.3, 0.4) is 0 Å². The molecule has 1 atom stereocenters. The Morgan fingerprint density at radius 3 is 2.52 bits per heavy atom. The van der Waals surface area contributed by atoms with Crippen LogP contribution in [0.5, 0.6) is 5.88 Å². The first kappa shape index (κ1) is 24.5. The fraction of sp³-hybridized carbons (Fsp3) is 0.524. The van der Waals surface area contributed by atoms with Gasteiger partial charge in [0, 0.05) is 25.4 Å². The third kappa shape index (κ3) is 6.44. The summed E-state index contributed by atoms with van der Waals surface area (Å²) in [5.41, 5.74) is 0.789. The fourth-order valence-electron chi connectivity index (χ4n) is 3.80. The molecule has 2 saturated heterocycles. The minimum atomic E-state index is -5.08. The quantitative estimate of drug-likeness (QED) is 0.724. The van der Waals surface area contributed by atoms with Crippen LogP contribution in [0.2, 0.25) is 0 Å². The molecule has 1 spiro atoms. The predicted molar refractivity (Wildman–Crippen MR) is 107 cm³/mol. The van der Waals surface area contributed by atoms with Crippen molar-refractivity contribution in [1.82, 2.24) is 14.9 Å². The van der Waals surface area contributed by atoms with E-state index in [1.807, 2.05) is 23.1 Å². The van der Waals surface area contributed by atoms with E-state index in [9.17, 15) is 18.0 Å². The lowest BCUT2D eigenvalue weighted by Gasteiger charge is -2.38. The Morgan fingerprint density at radius 1 is 1.27 bits per heavy atom. The number of carboxylic acid groups (broad SMARTS) is 1. The maximum atomic E-state index is 12.5. The van der Waals surface area contributed by atoms with Gasteiger partial charge in [0.05, 0.1) is 18.4 Å². The van der Waals surface area contributed by atoms with Gasteiger partial charge in [-0.25, -0.2) is 14.8 Å². The Kier molecular flexibility index (Phi) is 7.57. The van der Waals surface area contributed by atoms with Gasteiger partial charge in [-0.15, -0.1) is 0 Å². The van der Waals surface area contributed by atoms with Crippen molar-refractivity contribution < 1.29 is 41.8 Å². The molecule has 0 bridgehead atoms. The highest BCUT2D eigenvalue weighted by atomic mass is 19.4. The molecule has 2 aromatic heterocycles. The van der Waals surface area contributed by atoms with E-state index in [0.717, 1.165) is 39.0 Å². The lowest BCUT2D eigenvalue weighted by Crippen LogP contribution is -2.43. The van der Waals surface area contributed by atoms with Gasteiger partial charge in [-0.1, -0.05) is 6.07 Å². The molecule has 2 fully saturated rings. The van der Waals surface area contributed by atoms with Crippen LogP contribution >= 0.6 is 0 Å². The van der Waals surface area contributed by atoms with Crippen molar-refractivity contribution in [3.8, 4) is 5.88 Å². The Bertz CT molecular complexity index is 942. The number of pyridine rings is 1. The third-order valence-corrected chi connectivity index (χ3v) is 5.63. The van der Waals surface area contributed by atoms with Gasteiger partial charge in [0.15, 0.2) is 6.39 Å². The molecule has 9 nitrogen and oxygen atoms in total. The van der Waals surface area contributed by atoms with E-state index in [-0.39, 0.29) is 17.4 Å². The van der Waals surface area contributed by atoms with Gasteiger partial charge in [-0.2, -0.15) is 13.2 Å². The number of oxazole rings is 1. The number of aryl methyl sites for hydroxylation is 1. The number of halogens is 3. The number of alkyl halides is 3. The van der Waals surface area contributed by atoms with Gasteiger partial charge in [0.1, 0.15) is 6.61 Å². The molecule has 1 unspecified atom stereocenters. The first-order chi connectivity index (χ1) is 15.6. The molecule has 1 N–H and O–H groups in total. The number of aromatic nitrogens is 2. The van der Waals surface area contributed by atoms with Gasteiger partial charge >= 0.3 is 12.1 Å². The van der Waals surface area contributed by atoms with E-state index in [2.05, 4.69) is 9.97 Å². The number of hydrogen-bond donors (Lipinski definition) is 1. The highest BCUT2D eigenvalue weighted by Gasteiger charge is 2.43. The molecule has 2 aliphatic heterocycles. The van der Waals surface area contributed by atoms with E-state index in [1.165, 1.54) is 6.39 Å². The zero-order chi connectivity index (χ0) is 24.1. The molecule has 12 heteroatoms. The first-order valence-corrected chi connectivity index (χ1v) is 10.2. The Balaban J connectivity index is 0.000000383. The summed E-state index contributed by atoms with van der Waals surface area (Å²) in [6.45, 7) is 4.47. The number of rotatable bonds is 4. The zero-order valence-electron chi connectivity index (χ0n) is 17.9. The summed E-state index contributed by atoms with van der Waals surface area (Å²) in [5.74, 6) is -1.85. The summed E-state index contributed by atoms with van der Waals surface area (Å²) in [5, 5.41) is 7.12. The Hall–Kier alpha value is -3.15. The molecule has 4 heterocycles. The molecular formula is C21H24F3N3O6. The van der Waals surface area contributed by atoms with Gasteiger partial charge in [-0.3, -0.25) is 4.79 Å². The van der Waals surface area contributed by atoms with Crippen molar-refractivity contribution in [3.05, 3.63) is 42.2 Å². The van der Waals surface area contributed by atoms with Gasteiger partial charge in [0.25, 0.3) is 5.91 Å². The van der Waals surface area contributed by atoms with Gasteiger partial charge in [0.2, 0.25) is 11.6 Å². The number of nitrogens with zero attached hydrogens (tertiary/aromatic N) is 3. The highest BCUT2D eigenvalue weighted by molar-refractivity contribution is 5.92. The van der Waals surface area contributed by atoms with Crippen molar-refractivity contribution in [1.29, 1.82) is 0 Å². The highest BCUT2D eigenvalue weighted by Crippen LogP contribution is 2.42. The molecule has 0 aromatic carbocycles. The van der Waals surface area contributed by atoms with E-state index < -0.39 is 12.1 Å². The smallest absolute Gasteiger partial charge is 0.475 e. The Labute approximate surface area is 187 Å². The second-order valence-electron chi connectivity index (χ2n) is 7.98. The number of likely N-dealkylation sites (tertiary alicyclic amines) is 1. The van der Waals surface area contributed by atoms with Crippen LogP contribution in [0, 0.1) is 12.3 Å². The van der Waals surface area contributed by atoms with Crippen molar-refractivity contribution >= 4 is 11.9 Å². The number of carbonyl (C=O) groups excluding carboxylic acids is 1. The normalized spacial score (nSPS) is 19.6. The van der Waals surface area contributed by atoms with Crippen molar-refractivity contribution in [2.75, 3.05) is 26.3 Å². The summed E-state index contributed by atoms with van der Waals surface area (Å²) in [6.07, 6.45) is 0.873. The number of amides is 1. The molecule has 0 radical (unpaired) electrons. The third-order valence-electron chi connectivity index (χ3n) is 5.63. The fourth-order valence-corrected chi connectivity index (χ4v) is 3.80. The maximum absolute atomic E-state index is 12.5. The minimum Gasteiger partial charge on any atom is -0.475 e. The number of carbonyl (C=O) groups is 2. The van der Waals surface area contributed by atoms with Crippen LogP contribution in [0.1, 0.15) is 35.5 Å². The van der Waals surface area contributed by atoms with Crippen LogP contribution in [0.25, 0.3) is 0 Å². The lowest BCUT2D eigenvalue weighted by molar-refractivity contribution is -0.192. The van der Waals surface area contributed by atoms with E-state index in [1.54, 1.807) is 13.1 Å². The molecule has 33 heavy (non-hydrogen) atoms. The van der Waals surface area contributed by atoms with Crippen LogP contribution in [0.15, 0.2) is 35.2 Å². The standard InChI is InChI=1S/C19H23N3O4.C2HF3O2/c1-14-17(26-13-21-14)18(23)22-8-5-19(6-9-22)10-15(25-12-19)11-24-16-4-2-3-7-20-16;3-2(4,5)1(6)7/h2-4,7,13,15H,5-6,8-12H2,1H3;(H,6,7). The molecule has 4 rings (SSSR count). The summed E-state index contributed by atoms with van der Waals surface area (Å²) in [7, 11) is 0. The largest absolute Gasteiger partial charge is 0.490 e. The lowest BCUT2D eigenvalue weighted by atomic mass is 9.76. The molecular weight excluding hydrogens is 447 g/mol. The molecule has 2 aliphatic rings. The monoisotopic (exact) mass is 471 g/mol. The predicted octanol–water partition coefficient (Wildman–Crippen LogP) is 3.10. The van der Waals surface area contributed by atoms with Crippen LogP contribution in [0.4, 0.5) is 13.2 Å². The maximum Gasteiger partial charge on any atom is 0.490 e.